The second-order valence-corrected chi connectivity index (χ2v) is 3.60. The molecule has 2 N–H and O–H groups in total. The van der Waals surface area contributed by atoms with Gasteiger partial charge in [-0.2, -0.15) is 4.98 Å². The molecule has 1 heterocycles. The summed E-state index contributed by atoms with van der Waals surface area (Å²) in [6.45, 7) is 4.03. The summed E-state index contributed by atoms with van der Waals surface area (Å²) in [5.41, 5.74) is 5.59. The standard InChI is InChI=1S/C8H13N3O/c1-4-3-6(4)7-10-8(5(2)9)12-11-7/h4-6H,3,9H2,1-2H3/t4?,5-,6?/m1/s1. The zero-order valence-electron chi connectivity index (χ0n) is 7.32. The van der Waals surface area contributed by atoms with E-state index in [9.17, 15) is 0 Å². The SMILES string of the molecule is CC1CC1c1noc([C@@H](C)N)n1. The van der Waals surface area contributed by atoms with E-state index in [0.29, 0.717) is 17.7 Å². The van der Waals surface area contributed by atoms with E-state index < -0.39 is 0 Å². The van der Waals surface area contributed by atoms with E-state index in [2.05, 4.69) is 17.1 Å². The number of hydrogen-bond acceptors (Lipinski definition) is 4. The predicted molar refractivity (Wildman–Crippen MR) is 43.4 cm³/mol. The lowest BCUT2D eigenvalue weighted by molar-refractivity contribution is 0.357. The van der Waals surface area contributed by atoms with Crippen molar-refractivity contribution in [3.05, 3.63) is 11.7 Å². The molecule has 1 aliphatic carbocycles. The van der Waals surface area contributed by atoms with Crippen LogP contribution >= 0.6 is 0 Å². The Balaban J connectivity index is 2.14. The summed E-state index contributed by atoms with van der Waals surface area (Å²) in [6, 6.07) is -0.152. The second kappa shape index (κ2) is 2.55. The van der Waals surface area contributed by atoms with Crippen LogP contribution < -0.4 is 5.73 Å². The molecular weight excluding hydrogens is 154 g/mol. The Morgan fingerprint density at radius 2 is 2.33 bits per heavy atom. The molecule has 2 rings (SSSR count). The summed E-state index contributed by atoms with van der Waals surface area (Å²) >= 11 is 0. The van der Waals surface area contributed by atoms with Crippen molar-refractivity contribution in [1.29, 1.82) is 0 Å². The zero-order chi connectivity index (χ0) is 8.72. The Morgan fingerprint density at radius 1 is 1.67 bits per heavy atom. The Labute approximate surface area is 71.1 Å². The normalized spacial score (nSPS) is 30.2. The van der Waals surface area contributed by atoms with Crippen molar-refractivity contribution in [3.8, 4) is 0 Å². The molecule has 0 aromatic carbocycles. The van der Waals surface area contributed by atoms with E-state index in [1.165, 1.54) is 6.42 Å². The van der Waals surface area contributed by atoms with E-state index in [1.54, 1.807) is 0 Å². The zero-order valence-corrected chi connectivity index (χ0v) is 7.32. The van der Waals surface area contributed by atoms with Crippen LogP contribution in [-0.4, -0.2) is 10.1 Å². The monoisotopic (exact) mass is 167 g/mol. The molecule has 1 fully saturated rings. The fourth-order valence-corrected chi connectivity index (χ4v) is 1.26. The molecule has 1 saturated carbocycles. The minimum atomic E-state index is -0.152. The first-order valence-corrected chi connectivity index (χ1v) is 4.27. The highest BCUT2D eigenvalue weighted by Crippen LogP contribution is 2.45. The summed E-state index contributed by atoms with van der Waals surface area (Å²) < 4.78 is 4.99. The molecule has 4 nitrogen and oxygen atoms in total. The number of rotatable bonds is 2. The molecule has 0 bridgehead atoms. The summed E-state index contributed by atoms with van der Waals surface area (Å²) in [6.07, 6.45) is 1.18. The van der Waals surface area contributed by atoms with Gasteiger partial charge in [-0.3, -0.25) is 0 Å². The second-order valence-electron chi connectivity index (χ2n) is 3.60. The molecule has 0 radical (unpaired) electrons. The molecule has 12 heavy (non-hydrogen) atoms. The van der Waals surface area contributed by atoms with Crippen molar-refractivity contribution in [3.63, 3.8) is 0 Å². The summed E-state index contributed by atoms with van der Waals surface area (Å²) in [5, 5.41) is 3.88. The summed E-state index contributed by atoms with van der Waals surface area (Å²) in [7, 11) is 0. The van der Waals surface area contributed by atoms with Gasteiger partial charge >= 0.3 is 0 Å². The molecule has 1 aromatic rings. The van der Waals surface area contributed by atoms with Gasteiger partial charge < -0.3 is 10.3 Å². The average Bonchev–Trinajstić information content (AvgIpc) is 2.59. The first-order chi connectivity index (χ1) is 5.68. The number of nitrogens with zero attached hydrogens (tertiary/aromatic N) is 2. The Bertz CT molecular complexity index is 282. The van der Waals surface area contributed by atoms with Gasteiger partial charge in [-0.15, -0.1) is 0 Å². The van der Waals surface area contributed by atoms with E-state index >= 15 is 0 Å². The minimum Gasteiger partial charge on any atom is -0.338 e. The van der Waals surface area contributed by atoms with Gasteiger partial charge in [-0.1, -0.05) is 12.1 Å². The lowest BCUT2D eigenvalue weighted by Crippen LogP contribution is -2.05. The number of nitrogens with two attached hydrogens (primary N) is 1. The van der Waals surface area contributed by atoms with E-state index in [1.807, 2.05) is 6.92 Å². The summed E-state index contributed by atoms with van der Waals surface area (Å²) in [5.74, 6) is 2.60. The largest absolute Gasteiger partial charge is 0.338 e. The predicted octanol–water partition coefficient (Wildman–Crippen LogP) is 1.21. The Morgan fingerprint density at radius 3 is 2.75 bits per heavy atom. The fourth-order valence-electron chi connectivity index (χ4n) is 1.26. The van der Waals surface area contributed by atoms with Crippen LogP contribution in [0.1, 0.15) is 43.9 Å². The van der Waals surface area contributed by atoms with E-state index in [0.717, 1.165) is 5.82 Å². The van der Waals surface area contributed by atoms with Crippen LogP contribution in [0.15, 0.2) is 4.52 Å². The van der Waals surface area contributed by atoms with Gasteiger partial charge in [0.2, 0.25) is 5.89 Å². The van der Waals surface area contributed by atoms with Crippen LogP contribution in [0.3, 0.4) is 0 Å². The maximum Gasteiger partial charge on any atom is 0.243 e. The molecule has 0 saturated heterocycles. The maximum atomic E-state index is 5.59. The van der Waals surface area contributed by atoms with Crippen LogP contribution in [0.5, 0.6) is 0 Å². The van der Waals surface area contributed by atoms with Gasteiger partial charge in [-0.05, 0) is 19.3 Å². The van der Waals surface area contributed by atoms with Crippen molar-refractivity contribution in [2.45, 2.75) is 32.2 Å². The van der Waals surface area contributed by atoms with Crippen LogP contribution in [0.4, 0.5) is 0 Å². The van der Waals surface area contributed by atoms with Crippen LogP contribution in [0.2, 0.25) is 0 Å². The molecular formula is C8H13N3O. The third kappa shape index (κ3) is 1.22. The minimum absolute atomic E-state index is 0.152. The molecule has 2 unspecified atom stereocenters. The highest BCUT2D eigenvalue weighted by molar-refractivity contribution is 5.08. The number of aromatic nitrogens is 2. The van der Waals surface area contributed by atoms with Gasteiger partial charge in [-0.25, -0.2) is 0 Å². The molecule has 0 amide bonds. The van der Waals surface area contributed by atoms with Gasteiger partial charge in [0.15, 0.2) is 5.82 Å². The molecule has 66 valence electrons. The quantitative estimate of drug-likeness (QED) is 0.719. The van der Waals surface area contributed by atoms with Gasteiger partial charge in [0.25, 0.3) is 0 Å². The van der Waals surface area contributed by atoms with Gasteiger partial charge in [0.05, 0.1) is 6.04 Å². The van der Waals surface area contributed by atoms with Crippen molar-refractivity contribution in [2.24, 2.45) is 11.7 Å². The first kappa shape index (κ1) is 7.73. The highest BCUT2D eigenvalue weighted by Gasteiger charge is 2.38. The van der Waals surface area contributed by atoms with Crippen LogP contribution in [0, 0.1) is 5.92 Å². The lowest BCUT2D eigenvalue weighted by atomic mass is 10.3. The molecule has 0 aliphatic heterocycles. The Kier molecular flexibility index (Phi) is 1.65. The third-order valence-corrected chi connectivity index (χ3v) is 2.29. The molecule has 1 aliphatic rings. The van der Waals surface area contributed by atoms with Crippen molar-refractivity contribution >= 4 is 0 Å². The van der Waals surface area contributed by atoms with Gasteiger partial charge in [0.1, 0.15) is 0 Å². The highest BCUT2D eigenvalue weighted by atomic mass is 16.5. The maximum absolute atomic E-state index is 5.59. The van der Waals surface area contributed by atoms with Crippen molar-refractivity contribution in [2.75, 3.05) is 0 Å². The lowest BCUT2D eigenvalue weighted by Gasteiger charge is -1.92. The first-order valence-electron chi connectivity index (χ1n) is 4.27. The van der Waals surface area contributed by atoms with Gasteiger partial charge in [0, 0.05) is 5.92 Å². The third-order valence-electron chi connectivity index (χ3n) is 2.29. The van der Waals surface area contributed by atoms with E-state index in [-0.39, 0.29) is 6.04 Å². The molecule has 3 atom stereocenters. The molecule has 0 spiro atoms. The fraction of sp³-hybridized carbons (Fsp3) is 0.750. The van der Waals surface area contributed by atoms with Crippen LogP contribution in [0.25, 0.3) is 0 Å². The Hall–Kier alpha value is -0.900. The summed E-state index contributed by atoms with van der Waals surface area (Å²) in [4.78, 5) is 4.22. The average molecular weight is 167 g/mol. The number of hydrogen-bond donors (Lipinski definition) is 1. The smallest absolute Gasteiger partial charge is 0.243 e. The van der Waals surface area contributed by atoms with Crippen LogP contribution in [-0.2, 0) is 0 Å². The topological polar surface area (TPSA) is 64.9 Å². The van der Waals surface area contributed by atoms with E-state index in [4.69, 9.17) is 10.3 Å². The molecule has 4 heteroatoms. The van der Waals surface area contributed by atoms with Crippen molar-refractivity contribution < 1.29 is 4.52 Å². The van der Waals surface area contributed by atoms with Crippen molar-refractivity contribution in [1.82, 2.24) is 10.1 Å². The molecule has 1 aromatic heterocycles.